The maximum atomic E-state index is 13.2. The van der Waals surface area contributed by atoms with E-state index in [0.717, 1.165) is 0 Å². The Hall–Kier alpha value is -0.930. The second-order valence-corrected chi connectivity index (χ2v) is 3.78. The molecule has 14 heavy (non-hydrogen) atoms. The van der Waals surface area contributed by atoms with Crippen molar-refractivity contribution in [1.82, 2.24) is 5.32 Å². The highest BCUT2D eigenvalue weighted by atomic mass is 35.5. The van der Waals surface area contributed by atoms with E-state index in [-0.39, 0.29) is 17.3 Å². The van der Waals surface area contributed by atoms with E-state index < -0.39 is 5.82 Å². The van der Waals surface area contributed by atoms with Crippen LogP contribution in [0.4, 0.5) is 4.39 Å². The molecule has 1 fully saturated rings. The van der Waals surface area contributed by atoms with Crippen LogP contribution < -0.4 is 5.32 Å². The molecule has 0 aliphatic carbocycles. The van der Waals surface area contributed by atoms with Crippen molar-refractivity contribution in [2.45, 2.75) is 0 Å². The van der Waals surface area contributed by atoms with Gasteiger partial charge in [0.15, 0.2) is 5.78 Å². The summed E-state index contributed by atoms with van der Waals surface area (Å²) in [7, 11) is 0. The molecule has 0 saturated carbocycles. The molecule has 0 amide bonds. The summed E-state index contributed by atoms with van der Waals surface area (Å²) in [4.78, 5) is 11.7. The number of nitrogens with one attached hydrogen (secondary N) is 1. The lowest BCUT2D eigenvalue weighted by molar-refractivity contribution is 0.0874. The van der Waals surface area contributed by atoms with Gasteiger partial charge >= 0.3 is 0 Å². The van der Waals surface area contributed by atoms with Gasteiger partial charge in [-0.1, -0.05) is 11.6 Å². The first-order chi connectivity index (χ1) is 6.68. The van der Waals surface area contributed by atoms with Gasteiger partial charge in [0.25, 0.3) is 0 Å². The number of rotatable bonds is 2. The fraction of sp³-hybridized carbons (Fsp3) is 0.300. The smallest absolute Gasteiger partial charge is 0.171 e. The SMILES string of the molecule is O=C(c1cc(Cl)ccc1F)C1CNC1. The van der Waals surface area contributed by atoms with Crippen molar-refractivity contribution < 1.29 is 9.18 Å². The second-order valence-electron chi connectivity index (χ2n) is 3.34. The molecule has 74 valence electrons. The highest BCUT2D eigenvalue weighted by Crippen LogP contribution is 2.19. The Balaban J connectivity index is 2.29. The molecule has 1 heterocycles. The van der Waals surface area contributed by atoms with Crippen molar-refractivity contribution in [3.63, 3.8) is 0 Å². The third-order valence-electron chi connectivity index (χ3n) is 2.35. The van der Waals surface area contributed by atoms with Crippen molar-refractivity contribution in [2.24, 2.45) is 5.92 Å². The highest BCUT2D eigenvalue weighted by Gasteiger charge is 2.27. The lowest BCUT2D eigenvalue weighted by Gasteiger charge is -2.25. The number of benzene rings is 1. The number of carbonyl (C=O) groups excluding carboxylic acids is 1. The van der Waals surface area contributed by atoms with E-state index in [1.54, 1.807) is 0 Å². The Morgan fingerprint density at radius 2 is 2.21 bits per heavy atom. The van der Waals surface area contributed by atoms with Crippen LogP contribution >= 0.6 is 11.6 Å². The summed E-state index contributed by atoms with van der Waals surface area (Å²) < 4.78 is 13.2. The van der Waals surface area contributed by atoms with Crippen LogP contribution in [0.15, 0.2) is 18.2 Å². The lowest BCUT2D eigenvalue weighted by atomic mass is 9.92. The molecule has 0 unspecified atom stereocenters. The number of Topliss-reactive ketones (excluding diaryl/α,β-unsaturated/α-hetero) is 1. The molecule has 2 rings (SSSR count). The van der Waals surface area contributed by atoms with Crippen LogP contribution in [0, 0.1) is 11.7 Å². The number of hydrogen-bond acceptors (Lipinski definition) is 2. The molecule has 0 atom stereocenters. The average Bonchev–Trinajstić information content (AvgIpc) is 2.06. The third kappa shape index (κ3) is 1.65. The highest BCUT2D eigenvalue weighted by molar-refractivity contribution is 6.31. The molecule has 0 spiro atoms. The van der Waals surface area contributed by atoms with Gasteiger partial charge in [-0.3, -0.25) is 4.79 Å². The van der Waals surface area contributed by atoms with Crippen molar-refractivity contribution in [3.8, 4) is 0 Å². The first-order valence-corrected chi connectivity index (χ1v) is 4.76. The van der Waals surface area contributed by atoms with Crippen LogP contribution in [-0.2, 0) is 0 Å². The zero-order valence-electron chi connectivity index (χ0n) is 7.39. The molecule has 1 aromatic carbocycles. The number of halogens is 2. The van der Waals surface area contributed by atoms with Crippen molar-refractivity contribution >= 4 is 17.4 Å². The minimum Gasteiger partial charge on any atom is -0.315 e. The Morgan fingerprint density at radius 1 is 1.50 bits per heavy atom. The van der Waals surface area contributed by atoms with Gasteiger partial charge in [-0.25, -0.2) is 4.39 Å². The minimum absolute atomic E-state index is 0.0945. The molecule has 0 radical (unpaired) electrons. The maximum Gasteiger partial charge on any atom is 0.171 e. The Bertz CT molecular complexity index is 376. The van der Waals surface area contributed by atoms with Gasteiger partial charge in [0, 0.05) is 24.0 Å². The maximum absolute atomic E-state index is 13.2. The van der Waals surface area contributed by atoms with E-state index in [9.17, 15) is 9.18 Å². The molecule has 1 aliphatic heterocycles. The molecule has 1 aliphatic rings. The summed E-state index contributed by atoms with van der Waals surface area (Å²) in [6.07, 6.45) is 0. The number of ketones is 1. The van der Waals surface area contributed by atoms with Crippen molar-refractivity contribution in [1.29, 1.82) is 0 Å². The quantitative estimate of drug-likeness (QED) is 0.761. The summed E-state index contributed by atoms with van der Waals surface area (Å²) in [5, 5.41) is 3.36. The van der Waals surface area contributed by atoms with Gasteiger partial charge in [-0.15, -0.1) is 0 Å². The summed E-state index contributed by atoms with van der Waals surface area (Å²) in [5.74, 6) is -0.752. The predicted octanol–water partition coefficient (Wildman–Crippen LogP) is 1.88. The molecule has 1 saturated heterocycles. The van der Waals surface area contributed by atoms with Gasteiger partial charge < -0.3 is 5.32 Å². The summed E-state index contributed by atoms with van der Waals surface area (Å²) >= 11 is 5.69. The van der Waals surface area contributed by atoms with E-state index in [1.807, 2.05) is 0 Å². The molecule has 0 aromatic heterocycles. The topological polar surface area (TPSA) is 29.1 Å². The average molecular weight is 214 g/mol. The number of carbonyl (C=O) groups is 1. The zero-order chi connectivity index (χ0) is 10.1. The fourth-order valence-corrected chi connectivity index (χ4v) is 1.55. The molecule has 0 bridgehead atoms. The van der Waals surface area contributed by atoms with Gasteiger partial charge in [0.1, 0.15) is 5.82 Å². The predicted molar refractivity (Wildman–Crippen MR) is 52.1 cm³/mol. The van der Waals surface area contributed by atoms with Crippen molar-refractivity contribution in [2.75, 3.05) is 13.1 Å². The summed E-state index contributed by atoms with van der Waals surface area (Å²) in [5.41, 5.74) is 0.101. The normalized spacial score (nSPS) is 16.4. The molecular weight excluding hydrogens is 205 g/mol. The first-order valence-electron chi connectivity index (χ1n) is 4.38. The van der Waals surface area contributed by atoms with E-state index in [4.69, 9.17) is 11.6 Å². The standard InChI is InChI=1S/C10H9ClFNO/c11-7-1-2-9(12)8(3-7)10(14)6-4-13-5-6/h1-3,6,13H,4-5H2. The summed E-state index contributed by atoms with van der Waals surface area (Å²) in [6.45, 7) is 1.26. The monoisotopic (exact) mass is 213 g/mol. The zero-order valence-corrected chi connectivity index (χ0v) is 8.14. The Labute approximate surface area is 86.1 Å². The van der Waals surface area contributed by atoms with Gasteiger partial charge in [0.2, 0.25) is 0 Å². The first kappa shape index (κ1) is 9.62. The Kier molecular flexibility index (Phi) is 2.52. The minimum atomic E-state index is -0.494. The van der Waals surface area contributed by atoms with Crippen LogP contribution in [0.2, 0.25) is 5.02 Å². The van der Waals surface area contributed by atoms with E-state index >= 15 is 0 Å². The molecule has 1 N–H and O–H groups in total. The van der Waals surface area contributed by atoms with Gasteiger partial charge in [0.05, 0.1) is 5.56 Å². The molecular formula is C10H9ClFNO. The van der Waals surface area contributed by atoms with E-state index in [1.165, 1.54) is 18.2 Å². The van der Waals surface area contributed by atoms with Crippen LogP contribution in [0.1, 0.15) is 10.4 Å². The van der Waals surface area contributed by atoms with Gasteiger partial charge in [-0.05, 0) is 18.2 Å². The van der Waals surface area contributed by atoms with E-state index in [0.29, 0.717) is 18.1 Å². The Morgan fingerprint density at radius 3 is 2.79 bits per heavy atom. The van der Waals surface area contributed by atoms with Crippen LogP contribution in [-0.4, -0.2) is 18.9 Å². The molecule has 2 nitrogen and oxygen atoms in total. The molecule has 1 aromatic rings. The van der Waals surface area contributed by atoms with Crippen LogP contribution in [0.25, 0.3) is 0 Å². The van der Waals surface area contributed by atoms with E-state index in [2.05, 4.69) is 5.32 Å². The van der Waals surface area contributed by atoms with Crippen molar-refractivity contribution in [3.05, 3.63) is 34.6 Å². The molecule has 4 heteroatoms. The van der Waals surface area contributed by atoms with Crippen LogP contribution in [0.3, 0.4) is 0 Å². The lowest BCUT2D eigenvalue weighted by Crippen LogP contribution is -2.46. The second kappa shape index (κ2) is 3.67. The number of hydrogen-bond donors (Lipinski definition) is 1. The van der Waals surface area contributed by atoms with Crippen LogP contribution in [0.5, 0.6) is 0 Å². The largest absolute Gasteiger partial charge is 0.315 e. The fourth-order valence-electron chi connectivity index (χ4n) is 1.38. The van der Waals surface area contributed by atoms with Gasteiger partial charge in [-0.2, -0.15) is 0 Å². The summed E-state index contributed by atoms with van der Waals surface area (Å²) in [6, 6.07) is 4.05. The third-order valence-corrected chi connectivity index (χ3v) is 2.58.